The van der Waals surface area contributed by atoms with Gasteiger partial charge >= 0.3 is 0 Å². The molecule has 0 aromatic heterocycles. The predicted molar refractivity (Wildman–Crippen MR) is 97.8 cm³/mol. The number of carbonyl (C=O) groups is 1. The first kappa shape index (κ1) is 17.0. The number of rotatable bonds is 4. The van der Waals surface area contributed by atoms with Crippen molar-refractivity contribution in [1.29, 1.82) is 0 Å². The average Bonchev–Trinajstić information content (AvgIpc) is 3.03. The molecule has 1 unspecified atom stereocenters. The highest BCUT2D eigenvalue weighted by molar-refractivity contribution is 5.78. The lowest BCUT2D eigenvalue weighted by molar-refractivity contribution is -0.193. The first-order chi connectivity index (χ1) is 12.1. The summed E-state index contributed by atoms with van der Waals surface area (Å²) in [5, 5.41) is 0. The summed E-state index contributed by atoms with van der Waals surface area (Å²) in [7, 11) is 0. The number of likely N-dealkylation sites (tertiary alicyclic amines) is 1. The van der Waals surface area contributed by atoms with Crippen molar-refractivity contribution in [2.45, 2.75) is 57.8 Å². The van der Waals surface area contributed by atoms with Gasteiger partial charge in [0.1, 0.15) is 5.72 Å². The summed E-state index contributed by atoms with van der Waals surface area (Å²) in [5.74, 6) is 1.26. The van der Waals surface area contributed by atoms with Crippen LogP contribution in [0.15, 0.2) is 30.3 Å². The molecule has 0 radical (unpaired) electrons. The lowest BCUT2D eigenvalue weighted by Gasteiger charge is -2.53. The molecule has 4 rings (SSSR count). The van der Waals surface area contributed by atoms with Gasteiger partial charge in [-0.2, -0.15) is 0 Å². The minimum absolute atomic E-state index is 0.265. The Balaban J connectivity index is 1.52. The van der Waals surface area contributed by atoms with Crippen molar-refractivity contribution in [2.24, 2.45) is 11.8 Å². The predicted octanol–water partition coefficient (Wildman–Crippen LogP) is 3.27. The Bertz CT molecular complexity index is 620. The Labute approximate surface area is 151 Å². The third-order valence-electron chi connectivity index (χ3n) is 6.67. The van der Waals surface area contributed by atoms with Crippen molar-refractivity contribution in [3.05, 3.63) is 35.9 Å². The van der Waals surface area contributed by atoms with E-state index in [0.717, 1.165) is 45.5 Å². The molecule has 0 aliphatic carbocycles. The second-order valence-corrected chi connectivity index (χ2v) is 8.08. The van der Waals surface area contributed by atoms with E-state index in [0.29, 0.717) is 24.2 Å². The fourth-order valence-corrected chi connectivity index (χ4v) is 5.04. The molecule has 1 aromatic rings. The van der Waals surface area contributed by atoms with Crippen molar-refractivity contribution in [1.82, 2.24) is 9.80 Å². The monoisotopic (exact) mass is 342 g/mol. The minimum atomic E-state index is -0.323. The van der Waals surface area contributed by atoms with Crippen molar-refractivity contribution in [3.63, 3.8) is 0 Å². The lowest BCUT2D eigenvalue weighted by Crippen LogP contribution is -2.65. The summed E-state index contributed by atoms with van der Waals surface area (Å²) in [5.41, 5.74) is 1.04. The van der Waals surface area contributed by atoms with Crippen LogP contribution in [0, 0.1) is 11.8 Å². The number of ether oxygens (including phenoxy) is 1. The second-order valence-electron chi connectivity index (χ2n) is 8.08. The van der Waals surface area contributed by atoms with E-state index in [4.69, 9.17) is 4.74 Å². The van der Waals surface area contributed by atoms with Crippen molar-refractivity contribution in [3.8, 4) is 0 Å². The van der Waals surface area contributed by atoms with Crippen molar-refractivity contribution >= 4 is 5.91 Å². The smallest absolute Gasteiger partial charge is 0.225 e. The summed E-state index contributed by atoms with van der Waals surface area (Å²) in [4.78, 5) is 17.5. The third-order valence-corrected chi connectivity index (χ3v) is 6.67. The molecule has 4 heteroatoms. The number of carbonyl (C=O) groups excluding carboxylic acids is 1. The number of amides is 1. The number of hydrogen-bond donors (Lipinski definition) is 0. The van der Waals surface area contributed by atoms with Crippen LogP contribution in [-0.2, 0) is 16.1 Å². The molecule has 1 spiro atoms. The van der Waals surface area contributed by atoms with E-state index in [9.17, 15) is 4.79 Å². The van der Waals surface area contributed by atoms with Crippen LogP contribution >= 0.6 is 0 Å². The fourth-order valence-electron chi connectivity index (χ4n) is 5.04. The van der Waals surface area contributed by atoms with Crippen LogP contribution in [-0.4, -0.2) is 47.2 Å². The standard InChI is InChI=1S/C21H30N2O2/c1-3-16(2)19-15-25-21-11-12-22(13-17-7-5-4-6-8-17)14-18(21)9-10-20(24)23(19)21/h4-8,16,18-19H,3,9-15H2,1-2H3/t16-,18-,19?,21-/m0/s1. The Hall–Kier alpha value is -1.39. The van der Waals surface area contributed by atoms with Gasteiger partial charge in [0.25, 0.3) is 0 Å². The van der Waals surface area contributed by atoms with E-state index >= 15 is 0 Å². The zero-order valence-corrected chi connectivity index (χ0v) is 15.5. The minimum Gasteiger partial charge on any atom is -0.353 e. The van der Waals surface area contributed by atoms with E-state index < -0.39 is 0 Å². The van der Waals surface area contributed by atoms with Crippen LogP contribution in [0.4, 0.5) is 0 Å². The van der Waals surface area contributed by atoms with Crippen LogP contribution in [0.1, 0.15) is 45.1 Å². The quantitative estimate of drug-likeness (QED) is 0.842. The Morgan fingerprint density at radius 1 is 1.32 bits per heavy atom. The highest BCUT2D eigenvalue weighted by Crippen LogP contribution is 2.47. The molecule has 3 aliphatic rings. The van der Waals surface area contributed by atoms with Gasteiger partial charge in [0.05, 0.1) is 12.6 Å². The Morgan fingerprint density at radius 2 is 2.12 bits per heavy atom. The van der Waals surface area contributed by atoms with E-state index in [1.807, 2.05) is 0 Å². The van der Waals surface area contributed by atoms with Crippen molar-refractivity contribution in [2.75, 3.05) is 19.7 Å². The zero-order valence-electron chi connectivity index (χ0n) is 15.5. The van der Waals surface area contributed by atoms with E-state index in [2.05, 4.69) is 54.0 Å². The molecule has 3 saturated heterocycles. The molecular weight excluding hydrogens is 312 g/mol. The first-order valence-corrected chi connectivity index (χ1v) is 9.86. The molecule has 3 heterocycles. The topological polar surface area (TPSA) is 32.8 Å². The number of nitrogens with zero attached hydrogens (tertiary/aromatic N) is 2. The van der Waals surface area contributed by atoms with Crippen molar-refractivity contribution < 1.29 is 9.53 Å². The van der Waals surface area contributed by atoms with Gasteiger partial charge < -0.3 is 9.64 Å². The molecule has 0 N–H and O–H groups in total. The van der Waals surface area contributed by atoms with E-state index in [-0.39, 0.29) is 11.8 Å². The van der Waals surface area contributed by atoms with Gasteiger partial charge in [-0.25, -0.2) is 0 Å². The van der Waals surface area contributed by atoms with E-state index in [1.165, 1.54) is 5.56 Å². The fraction of sp³-hybridized carbons (Fsp3) is 0.667. The van der Waals surface area contributed by atoms with Gasteiger partial charge in [0.15, 0.2) is 0 Å². The molecule has 3 aliphatic heterocycles. The number of benzene rings is 1. The van der Waals surface area contributed by atoms with Crippen LogP contribution in [0.3, 0.4) is 0 Å². The normalized spacial score (nSPS) is 33.8. The molecule has 0 bridgehead atoms. The number of piperidine rings is 2. The molecule has 25 heavy (non-hydrogen) atoms. The van der Waals surface area contributed by atoms with Gasteiger partial charge in [0.2, 0.25) is 5.91 Å². The van der Waals surface area contributed by atoms with Gasteiger partial charge in [-0.1, -0.05) is 50.6 Å². The largest absolute Gasteiger partial charge is 0.353 e. The highest BCUT2D eigenvalue weighted by Gasteiger charge is 2.59. The van der Waals surface area contributed by atoms with Gasteiger partial charge in [-0.05, 0) is 17.9 Å². The summed E-state index contributed by atoms with van der Waals surface area (Å²) in [6.07, 6.45) is 3.69. The third kappa shape index (κ3) is 2.89. The molecule has 4 nitrogen and oxygen atoms in total. The van der Waals surface area contributed by atoms with E-state index in [1.54, 1.807) is 0 Å². The molecule has 1 aromatic carbocycles. The van der Waals surface area contributed by atoms with Gasteiger partial charge in [0, 0.05) is 38.4 Å². The number of hydrogen-bond acceptors (Lipinski definition) is 3. The Kier molecular flexibility index (Phi) is 4.59. The maximum atomic E-state index is 12.8. The van der Waals surface area contributed by atoms with Crippen LogP contribution in [0.5, 0.6) is 0 Å². The second kappa shape index (κ2) is 6.73. The molecule has 4 atom stereocenters. The average molecular weight is 342 g/mol. The molecule has 136 valence electrons. The van der Waals surface area contributed by atoms with Crippen LogP contribution in [0.2, 0.25) is 0 Å². The molecule has 1 amide bonds. The SMILES string of the molecule is CC[C@H](C)C1CO[C@@]23CCN(Cc4ccccc4)C[C@@H]2CCC(=O)N13. The summed E-state index contributed by atoms with van der Waals surface area (Å²) >= 11 is 0. The van der Waals surface area contributed by atoms with Crippen LogP contribution < -0.4 is 0 Å². The molecular formula is C21H30N2O2. The summed E-state index contributed by atoms with van der Waals surface area (Å²) in [6, 6.07) is 11.0. The molecule has 0 saturated carbocycles. The highest BCUT2D eigenvalue weighted by atomic mass is 16.5. The lowest BCUT2D eigenvalue weighted by atomic mass is 9.79. The van der Waals surface area contributed by atoms with Crippen LogP contribution in [0.25, 0.3) is 0 Å². The molecule has 3 fully saturated rings. The first-order valence-electron chi connectivity index (χ1n) is 9.86. The maximum absolute atomic E-state index is 12.8. The van der Waals surface area contributed by atoms with Gasteiger partial charge in [-0.15, -0.1) is 0 Å². The Morgan fingerprint density at radius 3 is 2.88 bits per heavy atom. The maximum Gasteiger partial charge on any atom is 0.225 e. The summed E-state index contributed by atoms with van der Waals surface area (Å²) in [6.45, 7) is 8.22. The van der Waals surface area contributed by atoms with Gasteiger partial charge in [-0.3, -0.25) is 9.69 Å². The summed E-state index contributed by atoms with van der Waals surface area (Å²) < 4.78 is 6.43. The zero-order chi connectivity index (χ0) is 17.4.